The summed E-state index contributed by atoms with van der Waals surface area (Å²) < 4.78 is 31.9. The Kier molecular flexibility index (Phi) is 7.02. The van der Waals surface area contributed by atoms with Crippen molar-refractivity contribution in [1.29, 1.82) is 0 Å². The number of nitrogens with zero attached hydrogens (tertiary/aromatic N) is 3. The standard InChI is InChI=1S/C19H21N5O4S3/c25-18(13-30-19-21-17(22-23-19)12-15-2-1-11-29-15)20-14-3-5-16(6-4-14)31(26,27)24-7-9-28-10-8-24/h1-6,11H,7-10,12-13H2,(H,20,25)(H,21,22,23). The van der Waals surface area contributed by atoms with Crippen LogP contribution in [0.5, 0.6) is 0 Å². The van der Waals surface area contributed by atoms with Crippen LogP contribution in [0.1, 0.15) is 10.7 Å². The van der Waals surface area contributed by atoms with Gasteiger partial charge in [0.1, 0.15) is 5.82 Å². The van der Waals surface area contributed by atoms with Crippen molar-refractivity contribution in [3.8, 4) is 0 Å². The van der Waals surface area contributed by atoms with Crippen LogP contribution in [-0.2, 0) is 26.0 Å². The molecule has 1 saturated heterocycles. The first kappa shape index (κ1) is 22.0. The molecule has 12 heteroatoms. The number of carbonyl (C=O) groups is 1. The summed E-state index contributed by atoms with van der Waals surface area (Å²) in [6.45, 7) is 1.47. The fourth-order valence-corrected chi connectivity index (χ4v) is 5.71. The van der Waals surface area contributed by atoms with Crippen molar-refractivity contribution >= 4 is 44.7 Å². The molecule has 0 unspecified atom stereocenters. The zero-order chi connectivity index (χ0) is 21.7. The number of hydrogen-bond acceptors (Lipinski definition) is 8. The van der Waals surface area contributed by atoms with Crippen molar-refractivity contribution in [2.45, 2.75) is 16.5 Å². The van der Waals surface area contributed by atoms with Gasteiger partial charge in [0.25, 0.3) is 0 Å². The van der Waals surface area contributed by atoms with Gasteiger partial charge in [0.05, 0.1) is 23.9 Å². The van der Waals surface area contributed by atoms with Gasteiger partial charge in [-0.25, -0.2) is 13.4 Å². The van der Waals surface area contributed by atoms with Crippen LogP contribution >= 0.6 is 23.1 Å². The number of amides is 1. The molecule has 2 aromatic heterocycles. The third kappa shape index (κ3) is 5.71. The number of nitrogens with one attached hydrogen (secondary N) is 2. The normalized spacial score (nSPS) is 15.1. The summed E-state index contributed by atoms with van der Waals surface area (Å²) in [5, 5.41) is 12.3. The average molecular weight is 480 g/mol. The third-order valence-corrected chi connectivity index (χ3v) is 8.15. The molecule has 1 aliphatic rings. The monoisotopic (exact) mass is 479 g/mol. The van der Waals surface area contributed by atoms with Gasteiger partial charge in [-0.2, -0.15) is 4.31 Å². The lowest BCUT2D eigenvalue weighted by Crippen LogP contribution is -2.40. The maximum atomic E-state index is 12.6. The molecule has 1 amide bonds. The van der Waals surface area contributed by atoms with Crippen LogP contribution in [0.25, 0.3) is 0 Å². The van der Waals surface area contributed by atoms with E-state index in [1.807, 2.05) is 17.5 Å². The number of aromatic nitrogens is 3. The number of aromatic amines is 1. The Labute approximate surface area is 188 Å². The van der Waals surface area contributed by atoms with Gasteiger partial charge in [0.2, 0.25) is 21.1 Å². The molecule has 0 radical (unpaired) electrons. The molecule has 31 heavy (non-hydrogen) atoms. The van der Waals surface area contributed by atoms with E-state index >= 15 is 0 Å². The molecule has 0 aliphatic carbocycles. The Morgan fingerprint density at radius 2 is 2.00 bits per heavy atom. The molecule has 0 bridgehead atoms. The van der Waals surface area contributed by atoms with Gasteiger partial charge < -0.3 is 10.1 Å². The molecular weight excluding hydrogens is 458 g/mol. The number of benzene rings is 1. The van der Waals surface area contributed by atoms with Crippen molar-refractivity contribution in [3.63, 3.8) is 0 Å². The summed E-state index contributed by atoms with van der Waals surface area (Å²) in [4.78, 5) is 18.0. The largest absolute Gasteiger partial charge is 0.379 e. The van der Waals surface area contributed by atoms with Gasteiger partial charge in [-0.1, -0.05) is 17.8 Å². The maximum absolute atomic E-state index is 12.6. The molecule has 3 aromatic rings. The molecule has 1 aliphatic heterocycles. The minimum atomic E-state index is -3.55. The van der Waals surface area contributed by atoms with Gasteiger partial charge in [-0.05, 0) is 35.7 Å². The molecule has 0 spiro atoms. The number of H-pyrrole nitrogens is 1. The van der Waals surface area contributed by atoms with Crippen molar-refractivity contribution in [2.24, 2.45) is 0 Å². The Morgan fingerprint density at radius 1 is 1.23 bits per heavy atom. The second-order valence-electron chi connectivity index (χ2n) is 6.70. The Balaban J connectivity index is 1.28. The number of thioether (sulfide) groups is 1. The summed E-state index contributed by atoms with van der Waals surface area (Å²) in [5.41, 5.74) is 0.528. The molecule has 1 fully saturated rings. The third-order valence-electron chi connectivity index (χ3n) is 4.51. The predicted octanol–water partition coefficient (Wildman–Crippen LogP) is 2.21. The maximum Gasteiger partial charge on any atom is 0.243 e. The van der Waals surface area contributed by atoms with Crippen molar-refractivity contribution < 1.29 is 17.9 Å². The second-order valence-corrected chi connectivity index (χ2v) is 10.6. The number of carbonyl (C=O) groups excluding carboxylic acids is 1. The van der Waals surface area contributed by atoms with Crippen molar-refractivity contribution in [1.82, 2.24) is 19.5 Å². The molecular formula is C19H21N5O4S3. The molecule has 0 saturated carbocycles. The fraction of sp³-hybridized carbons (Fsp3) is 0.316. The Morgan fingerprint density at radius 3 is 2.71 bits per heavy atom. The fourth-order valence-electron chi connectivity index (χ4n) is 2.97. The molecule has 0 atom stereocenters. The Hall–Kier alpha value is -2.25. The van der Waals surface area contributed by atoms with Gasteiger partial charge >= 0.3 is 0 Å². The summed E-state index contributed by atoms with van der Waals surface area (Å²) in [6.07, 6.45) is 0.678. The van der Waals surface area contributed by atoms with E-state index < -0.39 is 10.0 Å². The topological polar surface area (TPSA) is 117 Å². The van der Waals surface area contributed by atoms with E-state index in [1.54, 1.807) is 23.5 Å². The first-order valence-electron chi connectivity index (χ1n) is 9.55. The lowest BCUT2D eigenvalue weighted by molar-refractivity contribution is -0.113. The van der Waals surface area contributed by atoms with Gasteiger partial charge in [-0.15, -0.1) is 16.4 Å². The highest BCUT2D eigenvalue weighted by molar-refractivity contribution is 7.99. The summed E-state index contributed by atoms with van der Waals surface area (Å²) in [5.74, 6) is 0.672. The quantitative estimate of drug-likeness (QED) is 0.476. The molecule has 3 heterocycles. The summed E-state index contributed by atoms with van der Waals surface area (Å²) in [7, 11) is -3.55. The van der Waals surface area contributed by atoms with Gasteiger partial charge in [0.15, 0.2) is 0 Å². The smallest absolute Gasteiger partial charge is 0.243 e. The lowest BCUT2D eigenvalue weighted by Gasteiger charge is -2.26. The first-order valence-corrected chi connectivity index (χ1v) is 12.9. The van der Waals surface area contributed by atoms with Crippen LogP contribution in [-0.4, -0.2) is 65.9 Å². The van der Waals surface area contributed by atoms with E-state index in [1.165, 1.54) is 33.1 Å². The number of morpholine rings is 1. The van der Waals surface area contributed by atoms with Gasteiger partial charge in [-0.3, -0.25) is 9.89 Å². The minimum Gasteiger partial charge on any atom is -0.379 e. The van der Waals surface area contributed by atoms with Crippen molar-refractivity contribution in [3.05, 3.63) is 52.5 Å². The van der Waals surface area contributed by atoms with E-state index in [2.05, 4.69) is 20.5 Å². The number of hydrogen-bond donors (Lipinski definition) is 2. The van der Waals surface area contributed by atoms with Crippen LogP contribution in [0.15, 0.2) is 51.8 Å². The van der Waals surface area contributed by atoms with Gasteiger partial charge in [0, 0.05) is 30.1 Å². The second kappa shape index (κ2) is 9.92. The number of ether oxygens (including phenoxy) is 1. The van der Waals surface area contributed by atoms with E-state index in [4.69, 9.17) is 4.74 Å². The van der Waals surface area contributed by atoms with E-state index in [9.17, 15) is 13.2 Å². The van der Waals surface area contributed by atoms with E-state index in [-0.39, 0.29) is 16.6 Å². The molecule has 1 aromatic carbocycles. The SMILES string of the molecule is O=C(CSc1n[nH]c(Cc2cccs2)n1)Nc1ccc(S(=O)(=O)N2CCOCC2)cc1. The highest BCUT2D eigenvalue weighted by atomic mass is 32.2. The van der Waals surface area contributed by atoms with Crippen LogP contribution in [0.2, 0.25) is 0 Å². The van der Waals surface area contributed by atoms with Crippen LogP contribution in [0, 0.1) is 0 Å². The summed E-state index contributed by atoms with van der Waals surface area (Å²) >= 11 is 2.88. The molecule has 2 N–H and O–H groups in total. The van der Waals surface area contributed by atoms with Crippen LogP contribution < -0.4 is 5.32 Å². The number of anilines is 1. The van der Waals surface area contributed by atoms with Crippen LogP contribution in [0.4, 0.5) is 5.69 Å². The van der Waals surface area contributed by atoms with E-state index in [0.717, 1.165) is 5.82 Å². The summed E-state index contributed by atoms with van der Waals surface area (Å²) in [6, 6.07) is 10.2. The number of thiophene rings is 1. The van der Waals surface area contributed by atoms with E-state index in [0.29, 0.717) is 43.6 Å². The van der Waals surface area contributed by atoms with Crippen LogP contribution in [0.3, 0.4) is 0 Å². The zero-order valence-electron chi connectivity index (χ0n) is 16.5. The number of rotatable bonds is 8. The number of sulfonamides is 1. The predicted molar refractivity (Wildman–Crippen MR) is 119 cm³/mol. The first-order chi connectivity index (χ1) is 15.0. The molecule has 4 rings (SSSR count). The highest BCUT2D eigenvalue weighted by Crippen LogP contribution is 2.20. The zero-order valence-corrected chi connectivity index (χ0v) is 18.9. The molecule has 164 valence electrons. The molecule has 9 nitrogen and oxygen atoms in total. The van der Waals surface area contributed by atoms with Crippen molar-refractivity contribution in [2.75, 3.05) is 37.4 Å². The highest BCUT2D eigenvalue weighted by Gasteiger charge is 2.26. The lowest BCUT2D eigenvalue weighted by atomic mass is 10.3. The Bertz CT molecular complexity index is 1110. The average Bonchev–Trinajstić information content (AvgIpc) is 3.46. The minimum absolute atomic E-state index is 0.143.